The molecule has 16 heterocycles. The molecule has 0 amide bonds. The molecule has 101 heavy (non-hydrogen) atoms. The number of β-amino-alcohol motifs (C(OH)–C–C–N with tert-alkyl or cyclic N) is 1. The Labute approximate surface area is 579 Å². The number of hydrogen-bond acceptors (Lipinski definition) is 25. The van der Waals surface area contributed by atoms with Crippen LogP contribution in [0.3, 0.4) is 0 Å². The van der Waals surface area contributed by atoms with Gasteiger partial charge in [0.1, 0.15) is 51.4 Å². The summed E-state index contributed by atoms with van der Waals surface area (Å²) < 4.78 is 24.5. The molecule has 0 aliphatic carbocycles. The summed E-state index contributed by atoms with van der Waals surface area (Å²) >= 11 is 0. The van der Waals surface area contributed by atoms with Crippen LogP contribution in [0.15, 0.2) is 33.6 Å². The molecule has 0 spiro atoms. The summed E-state index contributed by atoms with van der Waals surface area (Å²) in [5.41, 5.74) is 53.0. The third kappa shape index (κ3) is 14.6. The SMILES string of the molecule is CC(C)Nc1c(N)c(=O)n2n1CCC2.CC(O)CCc1c(N)c(=O)n2n1CCC2.CC1Cn2c(N)c(N)c(=O)n2C1.Nc1c(N(CCO)CCO)n2n(c1=O)CCC2.Nc1c(N)n2n(c1=O)CC(O)C2.Nc1c(N2CCC(O)C2)n2n(c1=O)CCC2.Nc1c(N2CCCC2)n2n(c1=O)CCC2. The van der Waals surface area contributed by atoms with E-state index in [0.29, 0.717) is 85.9 Å². The van der Waals surface area contributed by atoms with Gasteiger partial charge in [-0.2, -0.15) is 0 Å². The number of anilines is 13. The molecule has 0 radical (unpaired) electrons. The van der Waals surface area contributed by atoms with Crippen LogP contribution in [0.2, 0.25) is 0 Å². The zero-order valence-electron chi connectivity index (χ0n) is 58.4. The van der Waals surface area contributed by atoms with Gasteiger partial charge < -0.3 is 97.2 Å². The summed E-state index contributed by atoms with van der Waals surface area (Å²) in [6.45, 7) is 22.1. The topological polar surface area (TPSA) is 546 Å². The average molecular weight is 1420 g/mol. The van der Waals surface area contributed by atoms with Crippen molar-refractivity contribution in [2.24, 2.45) is 5.92 Å². The van der Waals surface area contributed by atoms with E-state index in [1.807, 2.05) is 37.5 Å². The Morgan fingerprint density at radius 3 is 1.30 bits per heavy atom. The van der Waals surface area contributed by atoms with E-state index < -0.39 is 6.10 Å². The molecule has 4 atom stereocenters. The minimum absolute atomic E-state index is 0.00519. The summed E-state index contributed by atoms with van der Waals surface area (Å²) in [5, 5.41) is 49.2. The molecule has 9 aliphatic rings. The molecule has 0 saturated carbocycles. The van der Waals surface area contributed by atoms with Crippen LogP contribution >= 0.6 is 0 Å². The third-order valence-corrected chi connectivity index (χ3v) is 19.6. The predicted molar refractivity (Wildman–Crippen MR) is 388 cm³/mol. The van der Waals surface area contributed by atoms with Gasteiger partial charge in [0.15, 0.2) is 23.3 Å². The maximum atomic E-state index is 11.9. The third-order valence-electron chi connectivity index (χ3n) is 19.6. The lowest BCUT2D eigenvalue weighted by Gasteiger charge is -2.23. The zero-order valence-corrected chi connectivity index (χ0v) is 58.4. The predicted octanol–water partition coefficient (Wildman–Crippen LogP) is -4.07. The number of fused-ring (bicyclic) bond motifs is 7. The Morgan fingerprint density at radius 1 is 0.416 bits per heavy atom. The molecule has 39 nitrogen and oxygen atoms in total. The van der Waals surface area contributed by atoms with E-state index in [-0.39, 0.29) is 99.8 Å². The first-order valence-corrected chi connectivity index (χ1v) is 35.0. The highest BCUT2D eigenvalue weighted by atomic mass is 16.3. The van der Waals surface area contributed by atoms with Crippen molar-refractivity contribution in [2.75, 3.05) is 124 Å². The number of aliphatic hydroxyl groups excluding tert-OH is 5. The average Bonchev–Trinajstić information content (AvgIpc) is 1.66. The second-order valence-electron chi connectivity index (χ2n) is 27.4. The van der Waals surface area contributed by atoms with Crippen molar-refractivity contribution in [1.82, 2.24) is 65.5 Å². The summed E-state index contributed by atoms with van der Waals surface area (Å²) in [7, 11) is 0. The van der Waals surface area contributed by atoms with Crippen molar-refractivity contribution in [3.8, 4) is 0 Å². The van der Waals surface area contributed by atoms with E-state index >= 15 is 0 Å². The number of rotatable bonds is 12. The maximum absolute atomic E-state index is 11.9. The second-order valence-corrected chi connectivity index (χ2v) is 27.4. The highest BCUT2D eigenvalue weighted by Gasteiger charge is 2.33. The molecule has 0 bridgehead atoms. The first kappa shape index (κ1) is 74.0. The van der Waals surface area contributed by atoms with Crippen LogP contribution in [-0.2, 0) is 98.0 Å². The molecule has 7 aromatic rings. The van der Waals surface area contributed by atoms with Crippen LogP contribution in [0.4, 0.5) is 74.7 Å². The van der Waals surface area contributed by atoms with Crippen molar-refractivity contribution < 1.29 is 25.5 Å². The largest absolute Gasteiger partial charge is 0.395 e. The van der Waals surface area contributed by atoms with Crippen molar-refractivity contribution in [2.45, 2.75) is 208 Å². The Bertz CT molecular complexity index is 4440. The van der Waals surface area contributed by atoms with E-state index in [1.54, 1.807) is 44.6 Å². The Morgan fingerprint density at radius 2 is 0.812 bits per heavy atom. The van der Waals surface area contributed by atoms with Gasteiger partial charge in [-0.3, -0.25) is 66.3 Å². The lowest BCUT2D eigenvalue weighted by molar-refractivity contribution is 0.170. The molecule has 2 saturated heterocycles. The van der Waals surface area contributed by atoms with Crippen LogP contribution in [0.25, 0.3) is 0 Å². The number of nitrogens with two attached hydrogens (primary N) is 9. The van der Waals surface area contributed by atoms with Crippen molar-refractivity contribution in [3.05, 3.63) is 78.2 Å². The minimum Gasteiger partial charge on any atom is -0.395 e. The van der Waals surface area contributed by atoms with Crippen molar-refractivity contribution >= 4 is 74.7 Å². The molecule has 2 fully saturated rings. The monoisotopic (exact) mass is 1420 g/mol. The quantitative estimate of drug-likeness (QED) is 0.0553. The molecule has 24 N–H and O–H groups in total. The first-order valence-electron chi connectivity index (χ1n) is 35.0. The zero-order chi connectivity index (χ0) is 73.2. The highest BCUT2D eigenvalue weighted by Crippen LogP contribution is 2.31. The fourth-order valence-corrected chi connectivity index (χ4v) is 14.8. The molecule has 9 aliphatic heterocycles. The Hall–Kier alpha value is -9.73. The summed E-state index contributed by atoms with van der Waals surface area (Å²) in [5.74, 6) is 4.30. The molecular formula is C62H105N27O12. The minimum atomic E-state index is -0.527. The summed E-state index contributed by atoms with van der Waals surface area (Å²) in [6.07, 6.45) is 8.27. The Balaban J connectivity index is 0.000000127. The number of hydrogen-bond donors (Lipinski definition) is 15. The lowest BCUT2D eigenvalue weighted by atomic mass is 10.1. The number of aliphatic hydroxyl groups is 5. The van der Waals surface area contributed by atoms with Crippen molar-refractivity contribution in [3.63, 3.8) is 0 Å². The summed E-state index contributed by atoms with van der Waals surface area (Å²) in [6, 6.07) is 0.289. The fourth-order valence-electron chi connectivity index (χ4n) is 14.8. The Kier molecular flexibility index (Phi) is 22.7. The molecule has 16 rings (SSSR count). The van der Waals surface area contributed by atoms with Crippen LogP contribution in [0, 0.1) is 5.92 Å². The molecular weight excluding hydrogens is 1310 g/mol. The van der Waals surface area contributed by atoms with Gasteiger partial charge in [-0.1, -0.05) is 6.92 Å². The summed E-state index contributed by atoms with van der Waals surface area (Å²) in [4.78, 5) is 87.5. The van der Waals surface area contributed by atoms with E-state index in [2.05, 4.69) is 21.8 Å². The second kappa shape index (κ2) is 31.0. The standard InChI is InChI=1S/C10H18N4O3.C10H16N4O2.C10H16N4O.C10H17N3O2.C9H16N4O.C7H12N4O.C6H10N4O2/c11-8-9(12(4-6-15)5-7-16)13-2-1-3-14(13)10(8)17;11-8-9(12-5-2-7(15)6-12)13-3-1-4-14(13)10(8)16;11-8-9(12-4-1-2-5-12)13-6-3-7-14(13)10(8)15;1-7(14)3-4-8-9(11)10(15)13-6-2-5-12(8)13;1-6(2)11-8-7(10)9(14)13-5-3-4-12(8)13;1-4-2-10-6(9)5(8)7(12)11(10)3-4;7-4-5(8)9-1-3(11)2-10(9)6(4)12/h15-16H,1-7,11H2;7,15H,1-6,11H2;1-7,11H2;7,14H,2-6,11H2,1H3;6,11H,3-5,10H2,1-2H3;4H,2-3,8-9H2,1H3;3,11H,1-2,7-8H2. The molecule has 39 heteroatoms. The van der Waals surface area contributed by atoms with E-state index in [0.717, 1.165) is 153 Å². The van der Waals surface area contributed by atoms with Crippen LogP contribution in [-0.4, -0.2) is 168 Å². The smallest absolute Gasteiger partial charge is 0.292 e. The maximum Gasteiger partial charge on any atom is 0.292 e. The normalized spacial score (nSPS) is 18.7. The first-order chi connectivity index (χ1) is 48.1. The van der Waals surface area contributed by atoms with Crippen LogP contribution in [0.1, 0.15) is 91.2 Å². The van der Waals surface area contributed by atoms with E-state index in [1.165, 1.54) is 22.2 Å². The van der Waals surface area contributed by atoms with Gasteiger partial charge in [-0.25, -0.2) is 32.8 Å². The van der Waals surface area contributed by atoms with Crippen LogP contribution < -0.4 is 111 Å². The van der Waals surface area contributed by atoms with Gasteiger partial charge in [-0.05, 0) is 90.9 Å². The molecule has 4 unspecified atom stereocenters. The molecule has 560 valence electrons. The number of nitrogens with zero attached hydrogens (tertiary/aromatic N) is 17. The van der Waals surface area contributed by atoms with Gasteiger partial charge in [0.25, 0.3) is 38.9 Å². The highest BCUT2D eigenvalue weighted by molar-refractivity contribution is 5.66. The van der Waals surface area contributed by atoms with E-state index in [4.69, 9.17) is 61.8 Å². The van der Waals surface area contributed by atoms with Gasteiger partial charge in [-0.15, -0.1) is 0 Å². The van der Waals surface area contributed by atoms with Crippen molar-refractivity contribution in [1.29, 1.82) is 0 Å². The molecule has 0 aromatic carbocycles. The lowest BCUT2D eigenvalue weighted by Crippen LogP contribution is -2.32. The number of aromatic nitrogens is 14. The van der Waals surface area contributed by atoms with Gasteiger partial charge in [0, 0.05) is 124 Å². The van der Waals surface area contributed by atoms with Gasteiger partial charge >= 0.3 is 0 Å². The molecule has 7 aromatic heterocycles. The number of nitrogens with one attached hydrogen (secondary N) is 1. The van der Waals surface area contributed by atoms with Gasteiger partial charge in [0.05, 0.1) is 50.3 Å². The van der Waals surface area contributed by atoms with Gasteiger partial charge in [0.2, 0.25) is 0 Å². The number of nitrogen functional groups attached to an aromatic ring is 9. The van der Waals surface area contributed by atoms with E-state index in [9.17, 15) is 48.9 Å². The fraction of sp³-hybridized carbons (Fsp3) is 0.661. The van der Waals surface area contributed by atoms with Crippen LogP contribution in [0.5, 0.6) is 0 Å².